The fourth-order valence-corrected chi connectivity index (χ4v) is 4.46. The maximum absolute atomic E-state index is 11.4. The first kappa shape index (κ1) is 15.2. The Kier molecular flexibility index (Phi) is 4.30. The van der Waals surface area contributed by atoms with Gasteiger partial charge in [0.2, 0.25) is 0 Å². The van der Waals surface area contributed by atoms with Crippen molar-refractivity contribution in [1.82, 2.24) is 24.6 Å². The second kappa shape index (κ2) is 6.21. The summed E-state index contributed by atoms with van der Waals surface area (Å²) in [4.78, 5) is 4.21. The molecule has 3 rings (SSSR count). The quantitative estimate of drug-likeness (QED) is 0.839. The highest BCUT2D eigenvalue weighted by atomic mass is 32.2. The number of hydrogen-bond donors (Lipinski definition) is 1. The van der Waals surface area contributed by atoms with Crippen LogP contribution in [0.25, 0.3) is 11.3 Å². The second-order valence-corrected chi connectivity index (χ2v) is 7.84. The molecule has 2 aromatic rings. The predicted molar refractivity (Wildman–Crippen MR) is 84.2 cm³/mol. The summed E-state index contributed by atoms with van der Waals surface area (Å²) in [6.45, 7) is 4.37. The van der Waals surface area contributed by atoms with Gasteiger partial charge in [-0.1, -0.05) is 0 Å². The molecule has 3 heterocycles. The number of nitrogens with zero attached hydrogens (tertiary/aromatic N) is 4. The lowest BCUT2D eigenvalue weighted by atomic mass is 10.2. The highest BCUT2D eigenvalue weighted by molar-refractivity contribution is 7.91. The Hall–Kier alpha value is -1.67. The van der Waals surface area contributed by atoms with Crippen LogP contribution in [0.4, 0.5) is 0 Å². The minimum Gasteiger partial charge on any atom is -0.329 e. The van der Waals surface area contributed by atoms with Crippen LogP contribution in [0.2, 0.25) is 0 Å². The molecule has 0 radical (unpaired) electrons. The fourth-order valence-electron chi connectivity index (χ4n) is 2.75. The van der Waals surface area contributed by atoms with Crippen LogP contribution < -0.4 is 5.32 Å². The monoisotopic (exact) mass is 323 g/mol. The van der Waals surface area contributed by atoms with Crippen LogP contribution >= 0.6 is 0 Å². The van der Waals surface area contributed by atoms with E-state index >= 15 is 0 Å². The van der Waals surface area contributed by atoms with Crippen LogP contribution in [0.3, 0.4) is 0 Å². The van der Waals surface area contributed by atoms with Crippen molar-refractivity contribution in [3.8, 4) is 11.3 Å². The van der Waals surface area contributed by atoms with Crippen molar-refractivity contribution in [3.05, 3.63) is 24.9 Å². The van der Waals surface area contributed by atoms with Gasteiger partial charge >= 0.3 is 0 Å². The van der Waals surface area contributed by atoms with E-state index < -0.39 is 9.84 Å². The van der Waals surface area contributed by atoms with E-state index in [-0.39, 0.29) is 11.8 Å². The van der Waals surface area contributed by atoms with Gasteiger partial charge in [0.15, 0.2) is 9.84 Å². The molecule has 1 fully saturated rings. The molecule has 0 amide bonds. The SMILES string of the molecule is CCn1cc(-c2cncn2CCN[C@H]2CCS(=O)(=O)C2)cn1. The van der Waals surface area contributed by atoms with Crippen LogP contribution in [-0.2, 0) is 22.9 Å². The highest BCUT2D eigenvalue weighted by Gasteiger charge is 2.27. The first-order valence-electron chi connectivity index (χ1n) is 7.54. The van der Waals surface area contributed by atoms with Gasteiger partial charge < -0.3 is 9.88 Å². The summed E-state index contributed by atoms with van der Waals surface area (Å²) in [7, 11) is -2.82. The third-order valence-corrected chi connectivity index (χ3v) is 5.75. The Balaban J connectivity index is 1.59. The highest BCUT2D eigenvalue weighted by Crippen LogP contribution is 2.18. The van der Waals surface area contributed by atoms with Crippen molar-refractivity contribution >= 4 is 9.84 Å². The molecule has 0 spiro atoms. The molecule has 0 unspecified atom stereocenters. The predicted octanol–water partition coefficient (Wildman–Crippen LogP) is 0.543. The number of imidazole rings is 1. The number of rotatable bonds is 6. The summed E-state index contributed by atoms with van der Waals surface area (Å²) >= 11 is 0. The molecule has 1 atom stereocenters. The lowest BCUT2D eigenvalue weighted by Gasteiger charge is -2.12. The van der Waals surface area contributed by atoms with Gasteiger partial charge in [-0.3, -0.25) is 4.68 Å². The van der Waals surface area contributed by atoms with E-state index in [2.05, 4.69) is 20.0 Å². The Labute approximate surface area is 130 Å². The van der Waals surface area contributed by atoms with E-state index in [4.69, 9.17) is 0 Å². The van der Waals surface area contributed by atoms with Gasteiger partial charge in [0.25, 0.3) is 0 Å². The number of sulfone groups is 1. The van der Waals surface area contributed by atoms with Gasteiger partial charge in [-0.05, 0) is 13.3 Å². The molecule has 8 heteroatoms. The van der Waals surface area contributed by atoms with E-state index in [0.717, 1.165) is 30.9 Å². The molecule has 1 aliphatic rings. The third kappa shape index (κ3) is 3.38. The van der Waals surface area contributed by atoms with Crippen molar-refractivity contribution in [3.63, 3.8) is 0 Å². The lowest BCUT2D eigenvalue weighted by molar-refractivity contribution is 0.521. The van der Waals surface area contributed by atoms with Crippen LogP contribution in [-0.4, -0.2) is 51.8 Å². The Morgan fingerprint density at radius 2 is 2.27 bits per heavy atom. The third-order valence-electron chi connectivity index (χ3n) is 3.98. The summed E-state index contributed by atoms with van der Waals surface area (Å²) in [5.41, 5.74) is 2.07. The molecule has 7 nitrogen and oxygen atoms in total. The number of hydrogen-bond acceptors (Lipinski definition) is 5. The van der Waals surface area contributed by atoms with Crippen LogP contribution in [0, 0.1) is 0 Å². The molecule has 1 N–H and O–H groups in total. The molecule has 2 aromatic heterocycles. The smallest absolute Gasteiger partial charge is 0.151 e. The molecule has 22 heavy (non-hydrogen) atoms. The zero-order valence-corrected chi connectivity index (χ0v) is 13.5. The molecule has 0 aromatic carbocycles. The van der Waals surface area contributed by atoms with Gasteiger partial charge in [0.05, 0.1) is 35.9 Å². The maximum Gasteiger partial charge on any atom is 0.151 e. The average Bonchev–Trinajstić information content (AvgIpc) is 3.18. The zero-order valence-electron chi connectivity index (χ0n) is 12.6. The standard InChI is InChI=1S/C14H21N5O2S/c1-2-19-9-12(7-17-19)14-8-15-11-18(14)5-4-16-13-3-6-22(20,21)10-13/h7-9,11,13,16H,2-6,10H2,1H3/t13-/m0/s1. The van der Waals surface area contributed by atoms with Crippen molar-refractivity contribution < 1.29 is 8.42 Å². The molecule has 0 aliphatic carbocycles. The van der Waals surface area contributed by atoms with E-state index in [9.17, 15) is 8.42 Å². The Morgan fingerprint density at radius 1 is 1.41 bits per heavy atom. The largest absolute Gasteiger partial charge is 0.329 e. The van der Waals surface area contributed by atoms with Crippen LogP contribution in [0.15, 0.2) is 24.9 Å². The van der Waals surface area contributed by atoms with E-state index in [1.807, 2.05) is 30.2 Å². The van der Waals surface area contributed by atoms with Crippen molar-refractivity contribution in [2.75, 3.05) is 18.1 Å². The topological polar surface area (TPSA) is 81.8 Å². The second-order valence-electron chi connectivity index (χ2n) is 5.61. The Morgan fingerprint density at radius 3 is 2.95 bits per heavy atom. The maximum atomic E-state index is 11.4. The normalized spacial score (nSPS) is 20.5. The summed E-state index contributed by atoms with van der Waals surface area (Å²) in [6, 6.07) is 0.0832. The van der Waals surface area contributed by atoms with Gasteiger partial charge in [0, 0.05) is 37.4 Å². The summed E-state index contributed by atoms with van der Waals surface area (Å²) in [6.07, 6.45) is 8.18. The molecule has 0 bridgehead atoms. The molecule has 0 saturated carbocycles. The zero-order chi connectivity index (χ0) is 15.6. The van der Waals surface area contributed by atoms with Gasteiger partial charge in [-0.15, -0.1) is 0 Å². The van der Waals surface area contributed by atoms with Crippen molar-refractivity contribution in [2.45, 2.75) is 32.5 Å². The summed E-state index contributed by atoms with van der Waals surface area (Å²) < 4.78 is 26.8. The van der Waals surface area contributed by atoms with Crippen LogP contribution in [0.1, 0.15) is 13.3 Å². The van der Waals surface area contributed by atoms with Crippen molar-refractivity contribution in [1.29, 1.82) is 0 Å². The molecule has 1 saturated heterocycles. The molecule has 120 valence electrons. The minimum atomic E-state index is -2.82. The molecular formula is C14H21N5O2S. The van der Waals surface area contributed by atoms with E-state index in [1.165, 1.54) is 0 Å². The van der Waals surface area contributed by atoms with Gasteiger partial charge in [0.1, 0.15) is 0 Å². The number of aromatic nitrogens is 4. The number of nitrogens with one attached hydrogen (secondary N) is 1. The van der Waals surface area contributed by atoms with Crippen LogP contribution in [0.5, 0.6) is 0 Å². The molecular weight excluding hydrogens is 302 g/mol. The first-order chi connectivity index (χ1) is 10.6. The first-order valence-corrected chi connectivity index (χ1v) is 9.36. The van der Waals surface area contributed by atoms with Gasteiger partial charge in [-0.2, -0.15) is 5.10 Å². The lowest BCUT2D eigenvalue weighted by Crippen LogP contribution is -2.32. The summed E-state index contributed by atoms with van der Waals surface area (Å²) in [5, 5.41) is 7.61. The van der Waals surface area contributed by atoms with Gasteiger partial charge in [-0.25, -0.2) is 13.4 Å². The Bertz CT molecular complexity index is 734. The number of aryl methyl sites for hydroxylation is 1. The van der Waals surface area contributed by atoms with Crippen molar-refractivity contribution in [2.24, 2.45) is 0 Å². The fraction of sp³-hybridized carbons (Fsp3) is 0.571. The minimum absolute atomic E-state index is 0.0832. The van der Waals surface area contributed by atoms with E-state index in [1.54, 1.807) is 6.33 Å². The molecule has 1 aliphatic heterocycles. The van der Waals surface area contributed by atoms with E-state index in [0.29, 0.717) is 12.2 Å². The summed E-state index contributed by atoms with van der Waals surface area (Å²) in [5.74, 6) is 0.560. The average molecular weight is 323 g/mol.